The summed E-state index contributed by atoms with van der Waals surface area (Å²) in [7, 11) is 0. The normalized spacial score (nSPS) is 13.1. The Bertz CT molecular complexity index is 624. The van der Waals surface area contributed by atoms with E-state index in [0.717, 1.165) is 44.3 Å². The quantitative estimate of drug-likeness (QED) is 0.747. The van der Waals surface area contributed by atoms with Crippen LogP contribution in [0.4, 0.5) is 0 Å². The largest absolute Gasteiger partial charge is 0.417 e. The van der Waals surface area contributed by atoms with Crippen molar-refractivity contribution in [3.63, 3.8) is 0 Å². The molecule has 0 radical (unpaired) electrons. The molecule has 0 aliphatic carbocycles. The lowest BCUT2D eigenvalue weighted by Gasteiger charge is -2.25. The van der Waals surface area contributed by atoms with Gasteiger partial charge in [0.25, 0.3) is 0 Å². The zero-order valence-corrected chi connectivity index (χ0v) is 13.5. The van der Waals surface area contributed by atoms with Gasteiger partial charge in [-0.1, -0.05) is 32.8 Å². The third kappa shape index (κ3) is 4.45. The zero-order valence-electron chi connectivity index (χ0n) is 13.5. The predicted molar refractivity (Wildman–Crippen MR) is 88.1 cm³/mol. The number of hydrogen-bond donors (Lipinski definition) is 2. The summed E-state index contributed by atoms with van der Waals surface area (Å²) >= 11 is 0. The minimum Gasteiger partial charge on any atom is -0.408 e. The molecule has 1 aromatic heterocycles. The standard InChI is InChI=1S/C17H26N2O3/c1-3-5-9-19(10-6-4-2)12-15(20)13-7-8-14-16(11-13)22-17(21)18-14/h7-8,11,15,20H,3-6,9-10,12H2,1-2H3,(H,18,21). The summed E-state index contributed by atoms with van der Waals surface area (Å²) in [5, 5.41) is 10.5. The van der Waals surface area contributed by atoms with E-state index < -0.39 is 11.9 Å². The van der Waals surface area contributed by atoms with E-state index in [9.17, 15) is 9.90 Å². The Morgan fingerprint density at radius 3 is 2.55 bits per heavy atom. The molecule has 0 spiro atoms. The van der Waals surface area contributed by atoms with Gasteiger partial charge in [-0.3, -0.25) is 4.98 Å². The van der Waals surface area contributed by atoms with Gasteiger partial charge in [0.15, 0.2) is 5.58 Å². The maximum Gasteiger partial charge on any atom is 0.417 e. The number of hydrogen-bond acceptors (Lipinski definition) is 4. The van der Waals surface area contributed by atoms with Crippen molar-refractivity contribution in [2.24, 2.45) is 0 Å². The van der Waals surface area contributed by atoms with E-state index in [1.165, 1.54) is 0 Å². The van der Waals surface area contributed by atoms with Gasteiger partial charge in [0, 0.05) is 6.54 Å². The van der Waals surface area contributed by atoms with E-state index in [1.807, 2.05) is 6.07 Å². The van der Waals surface area contributed by atoms with Crippen molar-refractivity contribution in [2.45, 2.75) is 45.6 Å². The highest BCUT2D eigenvalue weighted by Gasteiger charge is 2.14. The molecule has 1 aromatic carbocycles. The molecule has 0 amide bonds. The van der Waals surface area contributed by atoms with Gasteiger partial charge in [-0.05, 0) is 43.6 Å². The van der Waals surface area contributed by atoms with Gasteiger partial charge in [-0.25, -0.2) is 4.79 Å². The van der Waals surface area contributed by atoms with E-state index in [4.69, 9.17) is 4.42 Å². The molecule has 0 saturated carbocycles. The number of unbranched alkanes of at least 4 members (excludes halogenated alkanes) is 2. The van der Waals surface area contributed by atoms with Gasteiger partial charge < -0.3 is 14.4 Å². The first-order valence-electron chi connectivity index (χ1n) is 8.17. The van der Waals surface area contributed by atoms with Gasteiger partial charge in [0.2, 0.25) is 0 Å². The summed E-state index contributed by atoms with van der Waals surface area (Å²) in [6.07, 6.45) is 4.01. The fourth-order valence-corrected chi connectivity index (χ4v) is 2.58. The van der Waals surface area contributed by atoms with Crippen LogP contribution < -0.4 is 5.76 Å². The van der Waals surface area contributed by atoms with Crippen LogP contribution in [0.25, 0.3) is 11.1 Å². The fraction of sp³-hybridized carbons (Fsp3) is 0.588. The second-order valence-corrected chi connectivity index (χ2v) is 5.79. The maximum absolute atomic E-state index is 11.2. The number of aromatic nitrogens is 1. The third-order valence-electron chi connectivity index (χ3n) is 3.92. The van der Waals surface area contributed by atoms with E-state index in [2.05, 4.69) is 23.7 Å². The van der Waals surface area contributed by atoms with Crippen LogP contribution in [-0.4, -0.2) is 34.6 Å². The molecule has 5 nitrogen and oxygen atoms in total. The number of rotatable bonds is 9. The molecule has 0 saturated heterocycles. The molecule has 0 fully saturated rings. The number of H-pyrrole nitrogens is 1. The Balaban J connectivity index is 2.05. The third-order valence-corrected chi connectivity index (χ3v) is 3.92. The van der Waals surface area contributed by atoms with E-state index in [1.54, 1.807) is 12.1 Å². The summed E-state index contributed by atoms with van der Waals surface area (Å²) in [4.78, 5) is 16.1. The molecule has 2 rings (SSSR count). The van der Waals surface area contributed by atoms with E-state index >= 15 is 0 Å². The average molecular weight is 306 g/mol. The van der Waals surface area contributed by atoms with Gasteiger partial charge in [-0.2, -0.15) is 0 Å². The lowest BCUT2D eigenvalue weighted by molar-refractivity contribution is 0.111. The Hall–Kier alpha value is -1.59. The fourth-order valence-electron chi connectivity index (χ4n) is 2.58. The Morgan fingerprint density at radius 2 is 1.91 bits per heavy atom. The molecule has 2 aromatic rings. The molecule has 1 atom stereocenters. The lowest BCUT2D eigenvalue weighted by atomic mass is 10.1. The zero-order chi connectivity index (χ0) is 15.9. The minimum atomic E-state index is -0.571. The molecule has 0 bridgehead atoms. The monoisotopic (exact) mass is 306 g/mol. The van der Waals surface area contributed by atoms with Crippen LogP contribution in [0.5, 0.6) is 0 Å². The molecule has 1 unspecified atom stereocenters. The maximum atomic E-state index is 11.2. The topological polar surface area (TPSA) is 69.5 Å². The average Bonchev–Trinajstić information content (AvgIpc) is 2.88. The smallest absolute Gasteiger partial charge is 0.408 e. The lowest BCUT2D eigenvalue weighted by Crippen LogP contribution is -2.30. The van der Waals surface area contributed by atoms with E-state index in [0.29, 0.717) is 17.6 Å². The first kappa shape index (κ1) is 16.8. The summed E-state index contributed by atoms with van der Waals surface area (Å²) in [5.74, 6) is -0.464. The molecular formula is C17H26N2O3. The number of aliphatic hydroxyl groups is 1. The second kappa shape index (κ2) is 8.15. The Morgan fingerprint density at radius 1 is 1.23 bits per heavy atom. The van der Waals surface area contributed by atoms with Gasteiger partial charge in [-0.15, -0.1) is 0 Å². The molecule has 5 heteroatoms. The van der Waals surface area contributed by atoms with Crippen LogP contribution >= 0.6 is 0 Å². The van der Waals surface area contributed by atoms with Crippen LogP contribution in [-0.2, 0) is 0 Å². The predicted octanol–water partition coefficient (Wildman–Crippen LogP) is 3.06. The molecule has 2 N–H and O–H groups in total. The molecule has 1 heterocycles. The van der Waals surface area contributed by atoms with Crippen LogP contribution in [0, 0.1) is 0 Å². The van der Waals surface area contributed by atoms with Crippen LogP contribution in [0.1, 0.15) is 51.2 Å². The number of aromatic amines is 1. The number of aliphatic hydroxyl groups excluding tert-OH is 1. The number of benzene rings is 1. The summed E-state index contributed by atoms with van der Waals surface area (Å²) in [6.45, 7) is 6.98. The molecule has 0 aliphatic heterocycles. The highest BCUT2D eigenvalue weighted by Crippen LogP contribution is 2.20. The van der Waals surface area contributed by atoms with Crippen molar-refractivity contribution >= 4 is 11.1 Å². The number of oxazole rings is 1. The van der Waals surface area contributed by atoms with Crippen molar-refractivity contribution < 1.29 is 9.52 Å². The summed E-state index contributed by atoms with van der Waals surface area (Å²) in [6, 6.07) is 5.37. The van der Waals surface area contributed by atoms with E-state index in [-0.39, 0.29) is 0 Å². The van der Waals surface area contributed by atoms with Gasteiger partial charge in [0.1, 0.15) is 0 Å². The van der Waals surface area contributed by atoms with Crippen molar-refractivity contribution in [3.05, 3.63) is 34.3 Å². The van der Waals surface area contributed by atoms with Crippen LogP contribution in [0.2, 0.25) is 0 Å². The van der Waals surface area contributed by atoms with Crippen LogP contribution in [0.3, 0.4) is 0 Å². The van der Waals surface area contributed by atoms with Crippen molar-refractivity contribution in [3.8, 4) is 0 Å². The second-order valence-electron chi connectivity index (χ2n) is 5.79. The number of fused-ring (bicyclic) bond motifs is 1. The van der Waals surface area contributed by atoms with Crippen molar-refractivity contribution in [1.82, 2.24) is 9.88 Å². The summed E-state index contributed by atoms with van der Waals surface area (Å²) < 4.78 is 5.06. The first-order valence-corrected chi connectivity index (χ1v) is 8.17. The first-order chi connectivity index (χ1) is 10.6. The minimum absolute atomic E-state index is 0.464. The highest BCUT2D eigenvalue weighted by atomic mass is 16.4. The molecule has 0 aliphatic rings. The van der Waals surface area contributed by atoms with Crippen molar-refractivity contribution in [1.29, 1.82) is 0 Å². The number of nitrogens with one attached hydrogen (secondary N) is 1. The van der Waals surface area contributed by atoms with Gasteiger partial charge in [0.05, 0.1) is 11.6 Å². The number of nitrogens with zero attached hydrogens (tertiary/aromatic N) is 1. The Labute approximate surface area is 130 Å². The van der Waals surface area contributed by atoms with Crippen molar-refractivity contribution in [2.75, 3.05) is 19.6 Å². The summed E-state index contributed by atoms with van der Waals surface area (Å²) in [5.41, 5.74) is 1.94. The highest BCUT2D eigenvalue weighted by molar-refractivity contribution is 5.72. The van der Waals surface area contributed by atoms with Crippen LogP contribution in [0.15, 0.2) is 27.4 Å². The molecule has 122 valence electrons. The Kier molecular flexibility index (Phi) is 6.21. The SMILES string of the molecule is CCCCN(CCCC)CC(O)c1ccc2[nH]c(=O)oc2c1. The molecular weight excluding hydrogens is 280 g/mol. The van der Waals surface area contributed by atoms with Gasteiger partial charge >= 0.3 is 5.76 Å². The molecule has 22 heavy (non-hydrogen) atoms.